The highest BCUT2D eigenvalue weighted by Crippen LogP contribution is 2.36. The monoisotopic (exact) mass is 488 g/mol. The second kappa shape index (κ2) is 9.05. The number of aromatic amines is 1. The molecule has 1 aliphatic rings. The van der Waals surface area contributed by atoms with Gasteiger partial charge in [-0.05, 0) is 30.3 Å². The van der Waals surface area contributed by atoms with Crippen LogP contribution in [0.4, 0.5) is 19.0 Å². The summed E-state index contributed by atoms with van der Waals surface area (Å²) in [6.45, 7) is 3.11. The van der Waals surface area contributed by atoms with Gasteiger partial charge in [-0.3, -0.25) is 0 Å². The quantitative estimate of drug-likeness (QED) is 0.375. The van der Waals surface area contributed by atoms with Crippen LogP contribution in [-0.4, -0.2) is 51.0 Å². The molecule has 0 bridgehead atoms. The summed E-state index contributed by atoms with van der Waals surface area (Å²) in [5.74, 6) is -0.559. The van der Waals surface area contributed by atoms with Crippen molar-refractivity contribution in [3.63, 3.8) is 0 Å². The van der Waals surface area contributed by atoms with Crippen molar-refractivity contribution in [3.8, 4) is 21.8 Å². The minimum Gasteiger partial charge on any atom is -0.383 e. The molecule has 3 N–H and O–H groups in total. The van der Waals surface area contributed by atoms with Crippen molar-refractivity contribution < 1.29 is 22.6 Å². The average Bonchev–Trinajstić information content (AvgIpc) is 3.55. The number of nitrogens with two attached hydrogens (primary N) is 1. The van der Waals surface area contributed by atoms with E-state index in [-0.39, 0.29) is 5.56 Å². The number of halogens is 3. The maximum atomic E-state index is 13.2. The zero-order valence-electron chi connectivity index (χ0n) is 17.7. The largest absolute Gasteiger partial charge is 0.419 e. The van der Waals surface area contributed by atoms with Crippen LogP contribution in [0.15, 0.2) is 48.9 Å². The Labute approximate surface area is 195 Å². The first-order chi connectivity index (χ1) is 16.4. The Morgan fingerprint density at radius 2 is 1.74 bits per heavy atom. The number of nitrogen functional groups attached to an aromatic ring is 1. The highest BCUT2D eigenvalue weighted by atomic mass is 32.1. The van der Waals surface area contributed by atoms with E-state index in [4.69, 9.17) is 15.2 Å². The number of ether oxygens (including phenoxy) is 2. The standard InChI is InChI=1S/C18H11F3N6S.C4H8O2/c19-18(20,21)12-6-11(7-24-15(12)22)14-8-25-17-27(14)26-16(28-17)10-1-2-13-9(5-10)3-4-23-13;1-2-6-4-3-5-1/h1-8,23H,(H2,22,24);1-4H2. The zero-order chi connectivity index (χ0) is 23.7. The molecule has 1 aliphatic heterocycles. The number of hydrogen-bond acceptors (Lipinski definition) is 7. The van der Waals surface area contributed by atoms with E-state index >= 15 is 0 Å². The van der Waals surface area contributed by atoms with Gasteiger partial charge < -0.3 is 20.2 Å². The van der Waals surface area contributed by atoms with Gasteiger partial charge in [0.25, 0.3) is 0 Å². The summed E-state index contributed by atoms with van der Waals surface area (Å²) in [5, 5.41) is 6.31. The molecule has 0 amide bonds. The summed E-state index contributed by atoms with van der Waals surface area (Å²) < 4.78 is 50.9. The van der Waals surface area contributed by atoms with Gasteiger partial charge in [0.1, 0.15) is 10.8 Å². The molecule has 8 nitrogen and oxygen atoms in total. The van der Waals surface area contributed by atoms with Gasteiger partial charge in [-0.1, -0.05) is 11.3 Å². The molecule has 0 atom stereocenters. The number of rotatable bonds is 2. The van der Waals surface area contributed by atoms with E-state index in [1.165, 1.54) is 28.2 Å². The molecular weight excluding hydrogens is 469 g/mol. The number of hydrogen-bond donors (Lipinski definition) is 2. The fourth-order valence-electron chi connectivity index (χ4n) is 3.47. The van der Waals surface area contributed by atoms with E-state index in [9.17, 15) is 13.2 Å². The number of benzene rings is 1. The molecule has 6 rings (SSSR count). The summed E-state index contributed by atoms with van der Waals surface area (Å²) >= 11 is 1.35. The number of alkyl halides is 3. The second-order valence-electron chi connectivity index (χ2n) is 7.40. The van der Waals surface area contributed by atoms with Crippen molar-refractivity contribution in [3.05, 3.63) is 54.5 Å². The molecule has 1 aromatic carbocycles. The minimum atomic E-state index is -4.59. The van der Waals surface area contributed by atoms with Crippen LogP contribution in [0.5, 0.6) is 0 Å². The Bertz CT molecular complexity index is 1430. The van der Waals surface area contributed by atoms with Crippen LogP contribution in [0.1, 0.15) is 5.56 Å². The zero-order valence-corrected chi connectivity index (χ0v) is 18.5. The van der Waals surface area contributed by atoms with Crippen LogP contribution in [0, 0.1) is 0 Å². The Hall–Kier alpha value is -3.48. The molecule has 34 heavy (non-hydrogen) atoms. The molecule has 5 heterocycles. The third-order valence-electron chi connectivity index (χ3n) is 5.15. The van der Waals surface area contributed by atoms with Gasteiger partial charge >= 0.3 is 6.18 Å². The lowest BCUT2D eigenvalue weighted by Crippen LogP contribution is -2.16. The summed E-state index contributed by atoms with van der Waals surface area (Å²) in [7, 11) is 0. The number of nitrogens with one attached hydrogen (secondary N) is 1. The van der Waals surface area contributed by atoms with E-state index < -0.39 is 17.6 Å². The number of H-pyrrole nitrogens is 1. The van der Waals surface area contributed by atoms with Crippen molar-refractivity contribution in [1.29, 1.82) is 0 Å². The smallest absolute Gasteiger partial charge is 0.383 e. The molecule has 0 aliphatic carbocycles. The van der Waals surface area contributed by atoms with Crippen LogP contribution in [-0.2, 0) is 15.7 Å². The van der Waals surface area contributed by atoms with Crippen molar-refractivity contribution in [2.24, 2.45) is 0 Å². The van der Waals surface area contributed by atoms with Crippen LogP contribution >= 0.6 is 11.3 Å². The molecule has 0 saturated carbocycles. The summed E-state index contributed by atoms with van der Waals surface area (Å²) in [5.41, 5.74) is 6.98. The predicted octanol–water partition coefficient (Wildman–Crippen LogP) is 4.64. The molecule has 176 valence electrons. The third-order valence-corrected chi connectivity index (χ3v) is 6.12. The van der Waals surface area contributed by atoms with Gasteiger partial charge in [0.05, 0.1) is 43.9 Å². The Morgan fingerprint density at radius 3 is 2.44 bits per heavy atom. The number of imidazole rings is 1. The first kappa shape index (κ1) is 22.3. The van der Waals surface area contributed by atoms with Crippen LogP contribution < -0.4 is 5.73 Å². The molecule has 0 spiro atoms. The number of pyridine rings is 1. The van der Waals surface area contributed by atoms with Gasteiger partial charge in [-0.2, -0.15) is 18.3 Å². The van der Waals surface area contributed by atoms with Gasteiger partial charge in [-0.25, -0.2) is 14.5 Å². The summed E-state index contributed by atoms with van der Waals surface area (Å²) in [4.78, 5) is 11.7. The van der Waals surface area contributed by atoms with Crippen LogP contribution in [0.25, 0.3) is 37.7 Å². The van der Waals surface area contributed by atoms with Gasteiger partial charge in [-0.15, -0.1) is 0 Å². The molecule has 1 saturated heterocycles. The van der Waals surface area contributed by atoms with E-state index in [1.54, 1.807) is 0 Å². The van der Waals surface area contributed by atoms with E-state index in [2.05, 4.69) is 20.1 Å². The Balaban J connectivity index is 0.000000351. The molecule has 0 unspecified atom stereocenters. The van der Waals surface area contributed by atoms with Crippen molar-refractivity contribution >= 4 is 33.0 Å². The highest BCUT2D eigenvalue weighted by molar-refractivity contribution is 7.19. The number of nitrogens with zero attached hydrogens (tertiary/aromatic N) is 4. The van der Waals surface area contributed by atoms with E-state index in [0.717, 1.165) is 49.0 Å². The van der Waals surface area contributed by atoms with Crippen molar-refractivity contribution in [1.82, 2.24) is 24.6 Å². The fourth-order valence-corrected chi connectivity index (χ4v) is 4.35. The van der Waals surface area contributed by atoms with Gasteiger partial charge in [0.15, 0.2) is 0 Å². The minimum absolute atomic E-state index is 0.243. The second-order valence-corrected chi connectivity index (χ2v) is 8.36. The predicted molar refractivity (Wildman–Crippen MR) is 122 cm³/mol. The SMILES string of the molecule is C1COCCO1.Nc1ncc(-c2cnc3sc(-c4ccc5[nH]ccc5c4)nn23)cc1C(F)(F)F. The lowest BCUT2D eigenvalue weighted by molar-refractivity contribution is -0.137. The number of anilines is 1. The molecular formula is C22H19F3N6O2S. The number of aromatic nitrogens is 5. The third kappa shape index (κ3) is 4.47. The maximum Gasteiger partial charge on any atom is 0.419 e. The molecule has 1 fully saturated rings. The van der Waals surface area contributed by atoms with E-state index in [1.807, 2.05) is 30.5 Å². The first-order valence-corrected chi connectivity index (χ1v) is 11.1. The van der Waals surface area contributed by atoms with Crippen LogP contribution in [0.3, 0.4) is 0 Å². The fraction of sp³-hybridized carbons (Fsp3) is 0.227. The van der Waals surface area contributed by atoms with Crippen molar-refractivity contribution in [2.75, 3.05) is 32.2 Å². The number of fused-ring (bicyclic) bond motifs is 2. The lowest BCUT2D eigenvalue weighted by Gasteiger charge is -2.10. The molecule has 12 heteroatoms. The lowest BCUT2D eigenvalue weighted by atomic mass is 10.1. The maximum absolute atomic E-state index is 13.2. The molecule has 5 aromatic rings. The normalized spacial score (nSPS) is 14.3. The van der Waals surface area contributed by atoms with Gasteiger partial charge in [0.2, 0.25) is 4.96 Å². The average molecular weight is 488 g/mol. The van der Waals surface area contributed by atoms with Crippen molar-refractivity contribution in [2.45, 2.75) is 6.18 Å². The van der Waals surface area contributed by atoms with Gasteiger partial charge in [0, 0.05) is 34.4 Å². The highest BCUT2D eigenvalue weighted by Gasteiger charge is 2.34. The Morgan fingerprint density at radius 1 is 0.971 bits per heavy atom. The van der Waals surface area contributed by atoms with E-state index in [0.29, 0.717) is 15.7 Å². The first-order valence-electron chi connectivity index (χ1n) is 10.3. The van der Waals surface area contributed by atoms with Crippen LogP contribution in [0.2, 0.25) is 0 Å². The topological polar surface area (TPSA) is 103 Å². The molecule has 4 aromatic heterocycles. The molecule has 0 radical (unpaired) electrons. The summed E-state index contributed by atoms with van der Waals surface area (Å²) in [6, 6.07) is 8.81. The Kier molecular flexibility index (Phi) is 5.94. The summed E-state index contributed by atoms with van der Waals surface area (Å²) in [6.07, 6.45) is 0.0356.